The summed E-state index contributed by atoms with van der Waals surface area (Å²) in [6.07, 6.45) is 0. The van der Waals surface area contributed by atoms with Crippen LogP contribution in [0, 0.1) is 6.92 Å². The fourth-order valence-electron chi connectivity index (χ4n) is 2.96. The maximum Gasteiger partial charge on any atom is 0.132 e. The second kappa shape index (κ2) is 6.01. The summed E-state index contributed by atoms with van der Waals surface area (Å²) >= 11 is 0. The summed E-state index contributed by atoms with van der Waals surface area (Å²) in [6, 6.07) is 6.04. The molecule has 0 unspecified atom stereocenters. The molecular formula is C17H23N3O2. The number of ether oxygens (including phenoxy) is 2. The molecule has 1 aliphatic heterocycles. The first kappa shape index (κ1) is 14.9. The number of hydrogen-bond donors (Lipinski definition) is 0. The van der Waals surface area contributed by atoms with Gasteiger partial charge in [0.25, 0.3) is 0 Å². The third kappa shape index (κ3) is 2.68. The standard InChI is InChI=1S/C17H23N3O2/c1-12-9-16(20-7-5-19(2)6-8-20)18-14-10-13(21-3)11-15(22-4)17(12)14/h9-11H,5-8H2,1-4H3. The van der Waals surface area contributed by atoms with Crippen LogP contribution in [0.4, 0.5) is 5.82 Å². The highest BCUT2D eigenvalue weighted by Gasteiger charge is 2.18. The van der Waals surface area contributed by atoms with E-state index in [4.69, 9.17) is 14.5 Å². The van der Waals surface area contributed by atoms with Gasteiger partial charge < -0.3 is 19.3 Å². The minimum absolute atomic E-state index is 0.770. The summed E-state index contributed by atoms with van der Waals surface area (Å²) in [5.74, 6) is 2.62. The third-order valence-electron chi connectivity index (χ3n) is 4.31. The SMILES string of the molecule is COc1cc(OC)c2c(C)cc(N3CCN(C)CC3)nc2c1. The van der Waals surface area contributed by atoms with Crippen molar-refractivity contribution in [2.45, 2.75) is 6.92 Å². The number of aromatic nitrogens is 1. The van der Waals surface area contributed by atoms with Gasteiger partial charge in [0.1, 0.15) is 17.3 Å². The maximum absolute atomic E-state index is 5.51. The molecule has 1 aliphatic rings. The van der Waals surface area contributed by atoms with Crippen LogP contribution in [0.5, 0.6) is 11.5 Å². The fourth-order valence-corrected chi connectivity index (χ4v) is 2.96. The highest BCUT2D eigenvalue weighted by Crippen LogP contribution is 2.34. The first-order valence-corrected chi connectivity index (χ1v) is 7.59. The Kier molecular flexibility index (Phi) is 4.07. The molecule has 0 radical (unpaired) electrons. The molecule has 1 saturated heterocycles. The normalized spacial score (nSPS) is 16.1. The lowest BCUT2D eigenvalue weighted by Crippen LogP contribution is -2.44. The number of fused-ring (bicyclic) bond motifs is 1. The van der Waals surface area contributed by atoms with E-state index < -0.39 is 0 Å². The Morgan fingerprint density at radius 2 is 1.73 bits per heavy atom. The van der Waals surface area contributed by atoms with Gasteiger partial charge in [0.05, 0.1) is 19.7 Å². The summed E-state index contributed by atoms with van der Waals surface area (Å²) in [4.78, 5) is 9.54. The molecule has 2 heterocycles. The number of aryl methyl sites for hydroxylation is 1. The molecule has 118 valence electrons. The van der Waals surface area contributed by atoms with Gasteiger partial charge in [-0.1, -0.05) is 0 Å². The lowest BCUT2D eigenvalue weighted by Gasteiger charge is -2.33. The Morgan fingerprint density at radius 1 is 1.00 bits per heavy atom. The van der Waals surface area contributed by atoms with Crippen LogP contribution in [0.1, 0.15) is 5.56 Å². The van der Waals surface area contributed by atoms with Gasteiger partial charge in [-0.25, -0.2) is 4.98 Å². The lowest BCUT2D eigenvalue weighted by molar-refractivity contribution is 0.312. The minimum Gasteiger partial charge on any atom is -0.497 e. The average molecular weight is 301 g/mol. The summed E-state index contributed by atoms with van der Waals surface area (Å²) in [5.41, 5.74) is 2.10. The molecular weight excluding hydrogens is 278 g/mol. The summed E-state index contributed by atoms with van der Waals surface area (Å²) in [6.45, 7) is 6.27. The average Bonchev–Trinajstić information content (AvgIpc) is 2.54. The third-order valence-corrected chi connectivity index (χ3v) is 4.31. The maximum atomic E-state index is 5.51. The van der Waals surface area contributed by atoms with Crippen LogP contribution < -0.4 is 14.4 Å². The molecule has 0 spiro atoms. The van der Waals surface area contributed by atoms with Gasteiger partial charge in [0.15, 0.2) is 0 Å². The zero-order chi connectivity index (χ0) is 15.7. The number of methoxy groups -OCH3 is 2. The molecule has 1 aromatic carbocycles. The van der Waals surface area contributed by atoms with Crippen molar-refractivity contribution >= 4 is 16.7 Å². The quantitative estimate of drug-likeness (QED) is 0.870. The van der Waals surface area contributed by atoms with E-state index in [-0.39, 0.29) is 0 Å². The van der Waals surface area contributed by atoms with E-state index in [0.717, 1.165) is 54.4 Å². The van der Waals surface area contributed by atoms with E-state index >= 15 is 0 Å². The van der Waals surface area contributed by atoms with Crippen molar-refractivity contribution in [3.05, 3.63) is 23.8 Å². The molecule has 0 saturated carbocycles. The van der Waals surface area contributed by atoms with Gasteiger partial charge in [-0.2, -0.15) is 0 Å². The van der Waals surface area contributed by atoms with E-state index in [1.807, 2.05) is 12.1 Å². The predicted molar refractivity (Wildman–Crippen MR) is 89.3 cm³/mol. The Balaban J connectivity index is 2.07. The molecule has 0 N–H and O–H groups in total. The fraction of sp³-hybridized carbons (Fsp3) is 0.471. The first-order chi connectivity index (χ1) is 10.6. The van der Waals surface area contributed by atoms with Gasteiger partial charge in [-0.15, -0.1) is 0 Å². The van der Waals surface area contributed by atoms with Crippen LogP contribution in [0.15, 0.2) is 18.2 Å². The molecule has 0 atom stereocenters. The predicted octanol–water partition coefficient (Wildman–Crippen LogP) is 2.31. The van der Waals surface area contributed by atoms with Crippen molar-refractivity contribution in [2.75, 3.05) is 52.3 Å². The highest BCUT2D eigenvalue weighted by molar-refractivity contribution is 5.91. The number of anilines is 1. The van der Waals surface area contributed by atoms with Crippen LogP contribution in [0.3, 0.4) is 0 Å². The molecule has 3 rings (SSSR count). The van der Waals surface area contributed by atoms with Crippen molar-refractivity contribution in [1.82, 2.24) is 9.88 Å². The zero-order valence-electron chi connectivity index (χ0n) is 13.7. The Hall–Kier alpha value is -2.01. The summed E-state index contributed by atoms with van der Waals surface area (Å²) in [7, 11) is 5.51. The van der Waals surface area contributed by atoms with Crippen LogP contribution in [0.25, 0.3) is 10.9 Å². The second-order valence-corrected chi connectivity index (χ2v) is 5.81. The molecule has 0 amide bonds. The van der Waals surface area contributed by atoms with Crippen LogP contribution in [0.2, 0.25) is 0 Å². The second-order valence-electron chi connectivity index (χ2n) is 5.81. The van der Waals surface area contributed by atoms with Crippen molar-refractivity contribution in [3.8, 4) is 11.5 Å². The van der Waals surface area contributed by atoms with E-state index in [1.165, 1.54) is 5.56 Å². The number of nitrogens with zero attached hydrogens (tertiary/aromatic N) is 3. The van der Waals surface area contributed by atoms with Gasteiger partial charge >= 0.3 is 0 Å². The molecule has 0 aliphatic carbocycles. The van der Waals surface area contributed by atoms with Gasteiger partial charge in [0.2, 0.25) is 0 Å². The number of rotatable bonds is 3. The van der Waals surface area contributed by atoms with Crippen molar-refractivity contribution < 1.29 is 9.47 Å². The molecule has 1 aromatic heterocycles. The van der Waals surface area contributed by atoms with Gasteiger partial charge in [0, 0.05) is 43.7 Å². The topological polar surface area (TPSA) is 37.8 Å². The van der Waals surface area contributed by atoms with E-state index in [9.17, 15) is 0 Å². The molecule has 5 heteroatoms. The number of piperazine rings is 1. The zero-order valence-corrected chi connectivity index (χ0v) is 13.7. The van der Waals surface area contributed by atoms with Crippen molar-refractivity contribution in [1.29, 1.82) is 0 Å². The lowest BCUT2D eigenvalue weighted by atomic mass is 10.1. The van der Waals surface area contributed by atoms with Crippen LogP contribution in [-0.4, -0.2) is 57.3 Å². The van der Waals surface area contributed by atoms with Crippen molar-refractivity contribution in [2.24, 2.45) is 0 Å². The molecule has 2 aromatic rings. The first-order valence-electron chi connectivity index (χ1n) is 7.59. The number of benzene rings is 1. The monoisotopic (exact) mass is 301 g/mol. The van der Waals surface area contributed by atoms with Gasteiger partial charge in [-0.3, -0.25) is 0 Å². The Labute approximate surface area is 131 Å². The van der Waals surface area contributed by atoms with E-state index in [2.05, 4.69) is 29.8 Å². The Bertz CT molecular complexity index is 679. The minimum atomic E-state index is 0.770. The number of likely N-dealkylation sites (N-methyl/N-ethyl adjacent to an activating group) is 1. The van der Waals surface area contributed by atoms with E-state index in [0.29, 0.717) is 0 Å². The number of pyridine rings is 1. The summed E-state index contributed by atoms with van der Waals surface area (Å²) < 4.78 is 10.9. The molecule has 0 bridgehead atoms. The Morgan fingerprint density at radius 3 is 2.36 bits per heavy atom. The molecule has 1 fully saturated rings. The highest BCUT2D eigenvalue weighted by atomic mass is 16.5. The molecule has 5 nitrogen and oxygen atoms in total. The largest absolute Gasteiger partial charge is 0.497 e. The summed E-state index contributed by atoms with van der Waals surface area (Å²) in [5, 5.41) is 1.06. The smallest absolute Gasteiger partial charge is 0.132 e. The van der Waals surface area contributed by atoms with Crippen LogP contribution >= 0.6 is 0 Å². The number of hydrogen-bond acceptors (Lipinski definition) is 5. The molecule has 22 heavy (non-hydrogen) atoms. The van der Waals surface area contributed by atoms with Crippen molar-refractivity contribution in [3.63, 3.8) is 0 Å². The van der Waals surface area contributed by atoms with Crippen LogP contribution in [-0.2, 0) is 0 Å². The van der Waals surface area contributed by atoms with Gasteiger partial charge in [-0.05, 0) is 25.6 Å². The van der Waals surface area contributed by atoms with E-state index in [1.54, 1.807) is 14.2 Å².